The summed E-state index contributed by atoms with van der Waals surface area (Å²) in [5, 5.41) is 3.05. The second kappa shape index (κ2) is 11.3. The summed E-state index contributed by atoms with van der Waals surface area (Å²) in [6, 6.07) is 3.12. The van der Waals surface area contributed by atoms with Crippen molar-refractivity contribution >= 4 is 11.8 Å². The van der Waals surface area contributed by atoms with E-state index in [-0.39, 0.29) is 42.8 Å². The van der Waals surface area contributed by atoms with Crippen molar-refractivity contribution in [1.29, 1.82) is 0 Å². The van der Waals surface area contributed by atoms with E-state index in [4.69, 9.17) is 18.9 Å². The standard InChI is InChI=1S/C22H26F3N3O5/c1-4-16(29)31-9-8-15-17(21-32-10-11-33-21)20(28-22(27-15)30-3)26-12(2)13-6-5-7-14(18(13)23)19(24)25/h5-7,12,19,21H,4,8-11H2,1-3H3,(H,26,27,28)/t12-/m1/s1. The van der Waals surface area contributed by atoms with Gasteiger partial charge in [-0.1, -0.05) is 25.1 Å². The Kier molecular flexibility index (Phi) is 8.45. The molecule has 1 N–H and O–H groups in total. The fraction of sp³-hybridized carbons (Fsp3) is 0.500. The molecular formula is C22H26F3N3O5. The third-order valence-electron chi connectivity index (χ3n) is 5.05. The van der Waals surface area contributed by atoms with E-state index in [0.717, 1.165) is 6.07 Å². The van der Waals surface area contributed by atoms with Crippen molar-refractivity contribution < 1.29 is 36.9 Å². The highest BCUT2D eigenvalue weighted by Gasteiger charge is 2.29. The summed E-state index contributed by atoms with van der Waals surface area (Å²) >= 11 is 0. The summed E-state index contributed by atoms with van der Waals surface area (Å²) in [6.07, 6.45) is -3.28. The van der Waals surface area contributed by atoms with Crippen molar-refractivity contribution in [3.63, 3.8) is 0 Å². The Bertz CT molecular complexity index is 971. The molecular weight excluding hydrogens is 443 g/mol. The molecule has 0 saturated carbocycles. The predicted octanol–water partition coefficient (Wildman–Crippen LogP) is 4.28. The number of carbonyl (C=O) groups is 1. The molecule has 1 saturated heterocycles. The number of carbonyl (C=O) groups excluding carboxylic acids is 1. The van der Waals surface area contributed by atoms with Crippen LogP contribution in [0.4, 0.5) is 19.0 Å². The van der Waals surface area contributed by atoms with Gasteiger partial charge in [0.1, 0.15) is 11.6 Å². The van der Waals surface area contributed by atoms with Crippen LogP contribution < -0.4 is 10.1 Å². The molecule has 0 amide bonds. The van der Waals surface area contributed by atoms with E-state index in [0.29, 0.717) is 24.5 Å². The van der Waals surface area contributed by atoms with Crippen molar-refractivity contribution in [3.05, 3.63) is 46.4 Å². The summed E-state index contributed by atoms with van der Waals surface area (Å²) < 4.78 is 62.7. The number of anilines is 1. The third kappa shape index (κ3) is 5.91. The lowest BCUT2D eigenvalue weighted by molar-refractivity contribution is -0.143. The number of hydrogen-bond donors (Lipinski definition) is 1. The highest BCUT2D eigenvalue weighted by molar-refractivity contribution is 5.68. The van der Waals surface area contributed by atoms with Crippen molar-refractivity contribution in [2.24, 2.45) is 0 Å². The van der Waals surface area contributed by atoms with Crippen molar-refractivity contribution in [1.82, 2.24) is 9.97 Å². The number of rotatable bonds is 10. The Morgan fingerprint density at radius 2 is 1.94 bits per heavy atom. The van der Waals surface area contributed by atoms with Crippen LogP contribution in [0.2, 0.25) is 0 Å². The molecule has 1 aliphatic rings. The topological polar surface area (TPSA) is 91.8 Å². The first-order chi connectivity index (χ1) is 15.8. The molecule has 0 unspecified atom stereocenters. The largest absolute Gasteiger partial charge is 0.467 e. The molecule has 0 spiro atoms. The number of aromatic nitrogens is 2. The third-order valence-corrected chi connectivity index (χ3v) is 5.05. The van der Waals surface area contributed by atoms with Crippen LogP contribution in [0.25, 0.3) is 0 Å². The van der Waals surface area contributed by atoms with E-state index in [1.807, 2.05) is 0 Å². The monoisotopic (exact) mass is 469 g/mol. The molecule has 3 rings (SSSR count). The Morgan fingerprint density at radius 1 is 1.24 bits per heavy atom. The first kappa shape index (κ1) is 24.7. The maximum absolute atomic E-state index is 14.7. The summed E-state index contributed by atoms with van der Waals surface area (Å²) in [6.45, 7) is 4.06. The molecule has 180 valence electrons. The van der Waals surface area contributed by atoms with Crippen LogP contribution >= 0.6 is 0 Å². The molecule has 2 heterocycles. The number of hydrogen-bond acceptors (Lipinski definition) is 8. The molecule has 1 aromatic heterocycles. The molecule has 0 bridgehead atoms. The van der Waals surface area contributed by atoms with Gasteiger partial charge in [0.25, 0.3) is 6.43 Å². The molecule has 2 aromatic rings. The van der Waals surface area contributed by atoms with Crippen LogP contribution in [0, 0.1) is 5.82 Å². The fourth-order valence-electron chi connectivity index (χ4n) is 3.38. The number of halogens is 3. The van der Waals surface area contributed by atoms with E-state index in [2.05, 4.69) is 15.3 Å². The second-order valence-electron chi connectivity index (χ2n) is 7.23. The number of esters is 1. The van der Waals surface area contributed by atoms with E-state index >= 15 is 0 Å². The van der Waals surface area contributed by atoms with Gasteiger partial charge in [-0.2, -0.15) is 9.97 Å². The number of alkyl halides is 2. The Morgan fingerprint density at radius 3 is 2.58 bits per heavy atom. The lowest BCUT2D eigenvalue weighted by Crippen LogP contribution is -2.18. The van der Waals surface area contributed by atoms with Crippen LogP contribution in [-0.2, 0) is 25.4 Å². The molecule has 1 aromatic carbocycles. The molecule has 1 atom stereocenters. The van der Waals surface area contributed by atoms with Crippen molar-refractivity contribution in [2.45, 2.75) is 45.4 Å². The van der Waals surface area contributed by atoms with Crippen LogP contribution in [-0.4, -0.2) is 42.9 Å². The molecule has 1 fully saturated rings. The Hall–Kier alpha value is -2.92. The van der Waals surface area contributed by atoms with Crippen molar-refractivity contribution in [3.8, 4) is 6.01 Å². The van der Waals surface area contributed by atoms with Gasteiger partial charge >= 0.3 is 12.0 Å². The normalized spacial score (nSPS) is 15.0. The summed E-state index contributed by atoms with van der Waals surface area (Å²) in [5.41, 5.74) is 0.262. The van der Waals surface area contributed by atoms with Gasteiger partial charge < -0.3 is 24.3 Å². The zero-order valence-corrected chi connectivity index (χ0v) is 18.6. The minimum absolute atomic E-state index is 0.0186. The lowest BCUT2D eigenvalue weighted by Gasteiger charge is -2.23. The van der Waals surface area contributed by atoms with E-state index < -0.39 is 30.1 Å². The van der Waals surface area contributed by atoms with Gasteiger partial charge in [-0.15, -0.1) is 0 Å². The molecule has 0 aliphatic carbocycles. The van der Waals surface area contributed by atoms with Gasteiger partial charge in [0, 0.05) is 18.4 Å². The van der Waals surface area contributed by atoms with Gasteiger partial charge in [0.2, 0.25) is 0 Å². The van der Waals surface area contributed by atoms with Gasteiger partial charge in [-0.3, -0.25) is 4.79 Å². The summed E-state index contributed by atoms with van der Waals surface area (Å²) in [7, 11) is 1.39. The van der Waals surface area contributed by atoms with E-state index in [9.17, 15) is 18.0 Å². The van der Waals surface area contributed by atoms with Crippen molar-refractivity contribution in [2.75, 3.05) is 32.2 Å². The zero-order valence-electron chi connectivity index (χ0n) is 18.6. The van der Waals surface area contributed by atoms with Gasteiger partial charge in [0.15, 0.2) is 6.29 Å². The first-order valence-corrected chi connectivity index (χ1v) is 10.5. The molecule has 0 radical (unpaired) electrons. The number of nitrogens with zero attached hydrogens (tertiary/aromatic N) is 2. The summed E-state index contributed by atoms with van der Waals surface area (Å²) in [4.78, 5) is 20.2. The second-order valence-corrected chi connectivity index (χ2v) is 7.23. The Balaban J connectivity index is 1.96. The molecule has 1 aliphatic heterocycles. The highest BCUT2D eigenvalue weighted by atomic mass is 19.3. The minimum Gasteiger partial charge on any atom is -0.467 e. The van der Waals surface area contributed by atoms with Gasteiger partial charge in [0.05, 0.1) is 49.8 Å². The number of methoxy groups -OCH3 is 1. The van der Waals surface area contributed by atoms with Crippen LogP contribution in [0.1, 0.15) is 61.4 Å². The number of ether oxygens (including phenoxy) is 4. The number of nitrogens with one attached hydrogen (secondary N) is 1. The summed E-state index contributed by atoms with van der Waals surface area (Å²) in [5.74, 6) is -1.11. The molecule has 33 heavy (non-hydrogen) atoms. The SMILES string of the molecule is CCC(=O)OCCc1nc(OC)nc(N[C@H](C)c2cccc(C(F)F)c2F)c1C1OCCO1. The molecule has 8 nitrogen and oxygen atoms in total. The fourth-order valence-corrected chi connectivity index (χ4v) is 3.38. The predicted molar refractivity (Wildman–Crippen MR) is 112 cm³/mol. The van der Waals surface area contributed by atoms with Gasteiger partial charge in [-0.25, -0.2) is 13.2 Å². The van der Waals surface area contributed by atoms with E-state index in [1.165, 1.54) is 19.2 Å². The average molecular weight is 469 g/mol. The lowest BCUT2D eigenvalue weighted by atomic mass is 10.0. The van der Waals surface area contributed by atoms with E-state index in [1.54, 1.807) is 13.8 Å². The average Bonchev–Trinajstić information content (AvgIpc) is 3.32. The Labute approximate surface area is 189 Å². The first-order valence-electron chi connectivity index (χ1n) is 10.5. The maximum atomic E-state index is 14.7. The number of benzene rings is 1. The highest BCUT2D eigenvalue weighted by Crippen LogP contribution is 2.35. The van der Waals surface area contributed by atoms with Crippen LogP contribution in [0.3, 0.4) is 0 Å². The quantitative estimate of drug-likeness (QED) is 0.516. The van der Waals surface area contributed by atoms with Crippen LogP contribution in [0.15, 0.2) is 18.2 Å². The van der Waals surface area contributed by atoms with Gasteiger partial charge in [-0.05, 0) is 6.92 Å². The smallest absolute Gasteiger partial charge is 0.318 e. The van der Waals surface area contributed by atoms with Crippen LogP contribution in [0.5, 0.6) is 6.01 Å². The maximum Gasteiger partial charge on any atom is 0.318 e. The zero-order chi connectivity index (χ0) is 24.0. The minimum atomic E-state index is -2.94. The molecule has 11 heteroatoms.